The van der Waals surface area contributed by atoms with Crippen molar-refractivity contribution in [1.29, 1.82) is 0 Å². The number of hydrogen-bond acceptors (Lipinski definition) is 4. The predicted molar refractivity (Wildman–Crippen MR) is 116 cm³/mol. The number of carbonyl (C=O) groups excluding carboxylic acids is 2. The van der Waals surface area contributed by atoms with Crippen LogP contribution in [0.2, 0.25) is 5.02 Å². The Bertz CT molecular complexity index is 931. The molecule has 0 bridgehead atoms. The zero-order valence-electron chi connectivity index (χ0n) is 17.5. The number of nitrogens with one attached hydrogen (secondary N) is 1. The van der Waals surface area contributed by atoms with E-state index in [4.69, 9.17) is 21.1 Å². The van der Waals surface area contributed by atoms with E-state index in [0.29, 0.717) is 36.2 Å². The van der Waals surface area contributed by atoms with E-state index in [9.17, 15) is 9.59 Å². The normalized spacial score (nSPS) is 15.3. The average Bonchev–Trinajstić information content (AvgIpc) is 2.73. The summed E-state index contributed by atoms with van der Waals surface area (Å²) in [7, 11) is 1.55. The van der Waals surface area contributed by atoms with Gasteiger partial charge in [-0.15, -0.1) is 0 Å². The van der Waals surface area contributed by atoms with E-state index in [1.165, 1.54) is 5.56 Å². The van der Waals surface area contributed by atoms with Crippen molar-refractivity contribution in [3.63, 3.8) is 0 Å². The molecule has 1 atom stereocenters. The Morgan fingerprint density at radius 1 is 1.27 bits per heavy atom. The number of carbonyl (C=O) groups is 2. The van der Waals surface area contributed by atoms with Crippen LogP contribution >= 0.6 is 11.6 Å². The van der Waals surface area contributed by atoms with E-state index < -0.39 is 0 Å². The summed E-state index contributed by atoms with van der Waals surface area (Å²) in [6.45, 7) is 4.82. The molecule has 1 aliphatic rings. The third-order valence-corrected chi connectivity index (χ3v) is 5.54. The Kier molecular flexibility index (Phi) is 7.21. The van der Waals surface area contributed by atoms with Gasteiger partial charge in [0.2, 0.25) is 11.8 Å². The van der Waals surface area contributed by atoms with Gasteiger partial charge in [0.1, 0.15) is 0 Å². The monoisotopic (exact) mass is 430 g/mol. The van der Waals surface area contributed by atoms with Gasteiger partial charge in [0.05, 0.1) is 31.2 Å². The van der Waals surface area contributed by atoms with Crippen LogP contribution in [0.4, 0.5) is 0 Å². The van der Waals surface area contributed by atoms with Gasteiger partial charge in [-0.05, 0) is 42.2 Å². The largest absolute Gasteiger partial charge is 0.493 e. The number of halogens is 1. The summed E-state index contributed by atoms with van der Waals surface area (Å²) in [6, 6.07) is 11.3. The van der Waals surface area contributed by atoms with Gasteiger partial charge in [-0.1, -0.05) is 35.9 Å². The third kappa shape index (κ3) is 4.87. The van der Waals surface area contributed by atoms with Gasteiger partial charge in [-0.2, -0.15) is 0 Å². The van der Waals surface area contributed by atoms with Crippen LogP contribution in [0.3, 0.4) is 0 Å². The van der Waals surface area contributed by atoms with Gasteiger partial charge in [0.15, 0.2) is 11.5 Å². The highest BCUT2D eigenvalue weighted by molar-refractivity contribution is 6.32. The van der Waals surface area contributed by atoms with Crippen LogP contribution in [0.25, 0.3) is 0 Å². The quantitative estimate of drug-likeness (QED) is 0.723. The summed E-state index contributed by atoms with van der Waals surface area (Å²) in [5.74, 6) is 0.863. The molecule has 3 rings (SSSR count). The van der Waals surface area contributed by atoms with Crippen LogP contribution in [-0.2, 0) is 22.6 Å². The fourth-order valence-electron chi connectivity index (χ4n) is 3.86. The minimum atomic E-state index is -0.258. The molecule has 0 spiro atoms. The molecule has 0 unspecified atom stereocenters. The summed E-state index contributed by atoms with van der Waals surface area (Å²) in [4.78, 5) is 26.6. The lowest BCUT2D eigenvalue weighted by molar-refractivity contribution is -0.133. The van der Waals surface area contributed by atoms with Gasteiger partial charge < -0.3 is 19.7 Å². The van der Waals surface area contributed by atoms with Gasteiger partial charge in [-0.25, -0.2) is 0 Å². The van der Waals surface area contributed by atoms with Crippen molar-refractivity contribution in [2.45, 2.75) is 39.3 Å². The molecule has 0 aliphatic carbocycles. The number of nitrogens with zero attached hydrogens (tertiary/aromatic N) is 1. The molecule has 0 radical (unpaired) electrons. The molecule has 0 saturated heterocycles. The van der Waals surface area contributed by atoms with E-state index in [1.54, 1.807) is 31.1 Å². The van der Waals surface area contributed by atoms with Gasteiger partial charge >= 0.3 is 0 Å². The Hall–Kier alpha value is -2.73. The number of benzene rings is 2. The lowest BCUT2D eigenvalue weighted by Gasteiger charge is -2.36. The number of hydrogen-bond donors (Lipinski definition) is 1. The SMILES string of the molecule is CCOc1c(Cl)cc(CNC(=O)C[C@@H]2c3ccccc3CCN2C(C)=O)cc1OC. The first kappa shape index (κ1) is 22.0. The lowest BCUT2D eigenvalue weighted by atomic mass is 9.90. The Morgan fingerprint density at radius 2 is 2.03 bits per heavy atom. The molecule has 1 aliphatic heterocycles. The Balaban J connectivity index is 1.71. The molecule has 0 saturated carbocycles. The minimum Gasteiger partial charge on any atom is -0.493 e. The van der Waals surface area contributed by atoms with Gasteiger partial charge in [-0.3, -0.25) is 9.59 Å². The van der Waals surface area contributed by atoms with Crippen LogP contribution in [0, 0.1) is 0 Å². The molecule has 2 aromatic rings. The molecule has 1 heterocycles. The second-order valence-electron chi connectivity index (χ2n) is 7.20. The van der Waals surface area contributed by atoms with Crippen molar-refractivity contribution >= 4 is 23.4 Å². The topological polar surface area (TPSA) is 67.9 Å². The second kappa shape index (κ2) is 9.85. The van der Waals surface area contributed by atoms with Gasteiger partial charge in [0, 0.05) is 20.0 Å². The van der Waals surface area contributed by atoms with Crippen molar-refractivity contribution in [2.75, 3.05) is 20.3 Å². The van der Waals surface area contributed by atoms with Crippen LogP contribution < -0.4 is 14.8 Å². The number of rotatable bonds is 7. The van der Waals surface area contributed by atoms with E-state index >= 15 is 0 Å². The van der Waals surface area contributed by atoms with E-state index in [-0.39, 0.29) is 24.3 Å². The molecule has 30 heavy (non-hydrogen) atoms. The standard InChI is InChI=1S/C23H27ClN2O4/c1-4-30-23-19(24)11-16(12-21(23)29-3)14-25-22(28)13-20-18-8-6-5-7-17(18)9-10-26(20)15(2)27/h5-8,11-12,20H,4,9-10,13-14H2,1-3H3,(H,25,28)/t20-/m1/s1. The number of fused-ring (bicyclic) bond motifs is 1. The molecule has 2 aromatic carbocycles. The third-order valence-electron chi connectivity index (χ3n) is 5.26. The highest BCUT2D eigenvalue weighted by atomic mass is 35.5. The molecule has 7 heteroatoms. The lowest BCUT2D eigenvalue weighted by Crippen LogP contribution is -2.41. The number of amides is 2. The summed E-state index contributed by atoms with van der Waals surface area (Å²) in [5.41, 5.74) is 3.04. The zero-order chi connectivity index (χ0) is 21.7. The van der Waals surface area contributed by atoms with Crippen LogP contribution in [0.1, 0.15) is 43.0 Å². The highest BCUT2D eigenvalue weighted by Crippen LogP contribution is 2.36. The van der Waals surface area contributed by atoms with Crippen molar-refractivity contribution in [1.82, 2.24) is 10.2 Å². The van der Waals surface area contributed by atoms with E-state index in [2.05, 4.69) is 11.4 Å². The number of methoxy groups -OCH3 is 1. The summed E-state index contributed by atoms with van der Waals surface area (Å²) < 4.78 is 10.9. The van der Waals surface area contributed by atoms with Crippen LogP contribution in [0.5, 0.6) is 11.5 Å². The maximum absolute atomic E-state index is 12.7. The van der Waals surface area contributed by atoms with Crippen molar-refractivity contribution in [2.24, 2.45) is 0 Å². The first-order chi connectivity index (χ1) is 14.4. The smallest absolute Gasteiger partial charge is 0.222 e. The molecule has 1 N–H and O–H groups in total. The van der Waals surface area contributed by atoms with Gasteiger partial charge in [0.25, 0.3) is 0 Å². The van der Waals surface area contributed by atoms with Crippen molar-refractivity contribution in [3.05, 3.63) is 58.1 Å². The first-order valence-electron chi connectivity index (χ1n) is 10.1. The molecular weight excluding hydrogens is 404 g/mol. The molecule has 0 fully saturated rings. The molecule has 0 aromatic heterocycles. The summed E-state index contributed by atoms with van der Waals surface area (Å²) in [6.07, 6.45) is 1.01. The predicted octanol–water partition coefficient (Wildman–Crippen LogP) is 3.90. The van der Waals surface area contributed by atoms with Crippen LogP contribution in [-0.4, -0.2) is 37.0 Å². The summed E-state index contributed by atoms with van der Waals surface area (Å²) in [5, 5.41) is 3.37. The zero-order valence-corrected chi connectivity index (χ0v) is 18.3. The molecule has 6 nitrogen and oxygen atoms in total. The Morgan fingerprint density at radius 3 is 2.73 bits per heavy atom. The van der Waals surface area contributed by atoms with E-state index in [0.717, 1.165) is 17.5 Å². The van der Waals surface area contributed by atoms with Crippen LogP contribution in [0.15, 0.2) is 36.4 Å². The van der Waals surface area contributed by atoms with E-state index in [1.807, 2.05) is 25.1 Å². The summed E-state index contributed by atoms with van der Waals surface area (Å²) >= 11 is 6.31. The maximum atomic E-state index is 12.7. The molecule has 160 valence electrons. The van der Waals surface area contributed by atoms with Crippen molar-refractivity contribution in [3.8, 4) is 11.5 Å². The van der Waals surface area contributed by atoms with Crippen molar-refractivity contribution < 1.29 is 19.1 Å². The first-order valence-corrected chi connectivity index (χ1v) is 10.4. The fraction of sp³-hybridized carbons (Fsp3) is 0.391. The Labute approximate surface area is 182 Å². The minimum absolute atomic E-state index is 0.0228. The molecule has 2 amide bonds. The fourth-order valence-corrected chi connectivity index (χ4v) is 4.14. The average molecular weight is 431 g/mol. The molecular formula is C23H27ClN2O4. The second-order valence-corrected chi connectivity index (χ2v) is 7.61. The maximum Gasteiger partial charge on any atom is 0.222 e. The number of ether oxygens (including phenoxy) is 2. The highest BCUT2D eigenvalue weighted by Gasteiger charge is 2.30.